The van der Waals surface area contributed by atoms with Crippen molar-refractivity contribution < 1.29 is 17.8 Å². The van der Waals surface area contributed by atoms with Crippen molar-refractivity contribution in [3.8, 4) is 0 Å². The molecule has 1 fully saturated rings. The standard InChI is InChI=1S/C20H22F2N2O2S/c1-12(13-4-7-15(8-5-13)27(3)26)23-18-11-19(25)24(2)20(18)14-6-9-16(21)17(22)10-14/h4-10,12,18,20,23H,11H2,1-3H3/t12-,18+,20-,27-/m0/s1. The Bertz CT molecular complexity index is 873. The van der Waals surface area contributed by atoms with Gasteiger partial charge >= 0.3 is 0 Å². The maximum absolute atomic E-state index is 13.7. The molecule has 0 radical (unpaired) electrons. The summed E-state index contributed by atoms with van der Waals surface area (Å²) in [5.41, 5.74) is 1.55. The molecule has 0 saturated carbocycles. The first kappa shape index (κ1) is 19.6. The first-order chi connectivity index (χ1) is 12.8. The summed E-state index contributed by atoms with van der Waals surface area (Å²) in [5, 5.41) is 3.43. The monoisotopic (exact) mass is 392 g/mol. The fraction of sp³-hybridized carbons (Fsp3) is 0.350. The molecule has 1 N–H and O–H groups in total. The number of amides is 1. The quantitative estimate of drug-likeness (QED) is 0.849. The van der Waals surface area contributed by atoms with Crippen molar-refractivity contribution >= 4 is 16.7 Å². The van der Waals surface area contributed by atoms with Gasteiger partial charge in [-0.2, -0.15) is 0 Å². The van der Waals surface area contributed by atoms with E-state index < -0.39 is 22.4 Å². The Hall–Kier alpha value is -2.12. The molecule has 1 amide bonds. The van der Waals surface area contributed by atoms with Gasteiger partial charge in [0.25, 0.3) is 0 Å². The molecule has 27 heavy (non-hydrogen) atoms. The van der Waals surface area contributed by atoms with Crippen molar-refractivity contribution in [1.82, 2.24) is 10.2 Å². The number of hydrogen-bond acceptors (Lipinski definition) is 3. The van der Waals surface area contributed by atoms with Gasteiger partial charge in [-0.15, -0.1) is 0 Å². The molecule has 4 nitrogen and oxygen atoms in total. The molecule has 2 aromatic rings. The highest BCUT2D eigenvalue weighted by Gasteiger charge is 2.39. The minimum Gasteiger partial charge on any atom is -0.337 e. The van der Waals surface area contributed by atoms with Gasteiger partial charge < -0.3 is 10.2 Å². The third-order valence-corrected chi connectivity index (χ3v) is 5.98. The summed E-state index contributed by atoms with van der Waals surface area (Å²) in [5.74, 6) is -1.88. The molecule has 144 valence electrons. The molecule has 3 rings (SSSR count). The second-order valence-corrected chi connectivity index (χ2v) is 8.22. The zero-order valence-corrected chi connectivity index (χ0v) is 16.2. The number of nitrogens with one attached hydrogen (secondary N) is 1. The van der Waals surface area contributed by atoms with E-state index in [1.165, 1.54) is 6.07 Å². The number of nitrogens with zero attached hydrogens (tertiary/aromatic N) is 1. The number of carbonyl (C=O) groups excluding carboxylic acids is 1. The number of rotatable bonds is 5. The highest BCUT2D eigenvalue weighted by molar-refractivity contribution is 7.84. The molecule has 7 heteroatoms. The Morgan fingerprint density at radius 3 is 2.41 bits per heavy atom. The second-order valence-electron chi connectivity index (χ2n) is 6.85. The summed E-state index contributed by atoms with van der Waals surface area (Å²) in [6.45, 7) is 1.98. The fourth-order valence-electron chi connectivity index (χ4n) is 3.54. The molecule has 0 aliphatic carbocycles. The molecule has 2 aromatic carbocycles. The Kier molecular flexibility index (Phi) is 5.72. The number of halogens is 2. The van der Waals surface area contributed by atoms with E-state index in [0.717, 1.165) is 22.6 Å². The topological polar surface area (TPSA) is 49.4 Å². The zero-order chi connectivity index (χ0) is 19.7. The number of carbonyl (C=O) groups is 1. The average Bonchev–Trinajstić information content (AvgIpc) is 2.91. The van der Waals surface area contributed by atoms with Crippen molar-refractivity contribution in [2.75, 3.05) is 13.3 Å². The second kappa shape index (κ2) is 7.86. The first-order valence-corrected chi connectivity index (χ1v) is 10.2. The highest BCUT2D eigenvalue weighted by Crippen LogP contribution is 2.34. The van der Waals surface area contributed by atoms with Crippen molar-refractivity contribution in [1.29, 1.82) is 0 Å². The van der Waals surface area contributed by atoms with Crippen LogP contribution in [0.3, 0.4) is 0 Å². The lowest BCUT2D eigenvalue weighted by atomic mass is 9.98. The highest BCUT2D eigenvalue weighted by atomic mass is 32.2. The number of likely N-dealkylation sites (N-methyl/N-ethyl adjacent to an activating group) is 1. The van der Waals surface area contributed by atoms with Gasteiger partial charge in [0.1, 0.15) is 0 Å². The largest absolute Gasteiger partial charge is 0.337 e. The number of likely N-dealkylation sites (tertiary alicyclic amines) is 1. The van der Waals surface area contributed by atoms with E-state index >= 15 is 0 Å². The van der Waals surface area contributed by atoms with Crippen molar-refractivity contribution in [3.05, 3.63) is 65.2 Å². The van der Waals surface area contributed by atoms with Crippen LogP contribution >= 0.6 is 0 Å². The summed E-state index contributed by atoms with van der Waals surface area (Å²) < 4.78 is 38.5. The molecule has 1 aliphatic heterocycles. The molecule has 4 atom stereocenters. The van der Waals surface area contributed by atoms with Crippen LogP contribution in [-0.4, -0.2) is 34.4 Å². The van der Waals surface area contributed by atoms with E-state index in [-0.39, 0.29) is 30.5 Å². The van der Waals surface area contributed by atoms with E-state index in [0.29, 0.717) is 5.56 Å². The minimum absolute atomic E-state index is 0.0499. The van der Waals surface area contributed by atoms with Gasteiger partial charge in [-0.05, 0) is 42.3 Å². The molecular formula is C20H22F2N2O2S. The van der Waals surface area contributed by atoms with Gasteiger partial charge in [-0.3, -0.25) is 9.00 Å². The average molecular weight is 392 g/mol. The lowest BCUT2D eigenvalue weighted by molar-refractivity contribution is -0.127. The molecule has 1 aliphatic rings. The van der Waals surface area contributed by atoms with Gasteiger partial charge in [-0.25, -0.2) is 8.78 Å². The number of benzene rings is 2. The van der Waals surface area contributed by atoms with Crippen LogP contribution in [0.2, 0.25) is 0 Å². The molecule has 0 spiro atoms. The van der Waals surface area contributed by atoms with Crippen LogP contribution in [0.15, 0.2) is 47.4 Å². The zero-order valence-electron chi connectivity index (χ0n) is 15.4. The minimum atomic E-state index is -1.04. The maximum Gasteiger partial charge on any atom is 0.224 e. The predicted molar refractivity (Wildman–Crippen MR) is 101 cm³/mol. The SMILES string of the molecule is C[C@H](N[C@@H]1CC(=O)N(C)[C@H]1c1ccc(F)c(F)c1)c1ccc([S@](C)=O)cc1. The van der Waals surface area contributed by atoms with Crippen LogP contribution in [0.5, 0.6) is 0 Å². The van der Waals surface area contributed by atoms with Crippen molar-refractivity contribution in [2.45, 2.75) is 36.4 Å². The van der Waals surface area contributed by atoms with Gasteiger partial charge in [0.15, 0.2) is 11.6 Å². The molecule has 0 unspecified atom stereocenters. The third kappa shape index (κ3) is 4.09. The summed E-state index contributed by atoms with van der Waals surface area (Å²) in [6.07, 6.45) is 1.91. The fourth-order valence-corrected chi connectivity index (χ4v) is 4.06. The first-order valence-electron chi connectivity index (χ1n) is 8.68. The maximum atomic E-state index is 13.7. The lowest BCUT2D eigenvalue weighted by Gasteiger charge is -2.28. The van der Waals surface area contributed by atoms with Crippen LogP contribution in [0.1, 0.15) is 36.6 Å². The summed E-state index contributed by atoms with van der Waals surface area (Å²) in [7, 11) is 0.636. The Labute approximate surface area is 160 Å². The van der Waals surface area contributed by atoms with Gasteiger partial charge in [0.2, 0.25) is 5.91 Å². The summed E-state index contributed by atoms with van der Waals surface area (Å²) in [6, 6.07) is 10.5. The summed E-state index contributed by atoms with van der Waals surface area (Å²) >= 11 is 0. The van der Waals surface area contributed by atoms with Crippen LogP contribution in [0.25, 0.3) is 0 Å². The van der Waals surface area contributed by atoms with Crippen molar-refractivity contribution in [3.63, 3.8) is 0 Å². The van der Waals surface area contributed by atoms with Crippen LogP contribution in [0, 0.1) is 11.6 Å². The van der Waals surface area contributed by atoms with E-state index in [9.17, 15) is 17.8 Å². The number of hydrogen-bond donors (Lipinski definition) is 1. The van der Waals surface area contributed by atoms with Crippen LogP contribution in [-0.2, 0) is 15.6 Å². The van der Waals surface area contributed by atoms with Crippen LogP contribution < -0.4 is 5.32 Å². The molecule has 0 bridgehead atoms. The predicted octanol–water partition coefficient (Wildman–Crippen LogP) is 3.32. The molecule has 0 aromatic heterocycles. The summed E-state index contributed by atoms with van der Waals surface area (Å²) in [4.78, 5) is 14.6. The van der Waals surface area contributed by atoms with Gasteiger partial charge in [0, 0.05) is 47.5 Å². The Balaban J connectivity index is 1.81. The van der Waals surface area contributed by atoms with E-state index in [1.807, 2.05) is 31.2 Å². The smallest absolute Gasteiger partial charge is 0.224 e. The van der Waals surface area contributed by atoms with E-state index in [1.54, 1.807) is 18.2 Å². The van der Waals surface area contributed by atoms with Crippen molar-refractivity contribution in [2.24, 2.45) is 0 Å². The van der Waals surface area contributed by atoms with E-state index in [4.69, 9.17) is 0 Å². The Morgan fingerprint density at radius 1 is 1.15 bits per heavy atom. The van der Waals surface area contributed by atoms with Gasteiger partial charge in [-0.1, -0.05) is 18.2 Å². The van der Waals surface area contributed by atoms with Gasteiger partial charge in [0.05, 0.1) is 6.04 Å². The lowest BCUT2D eigenvalue weighted by Crippen LogP contribution is -2.36. The molecule has 1 saturated heterocycles. The normalized spacial score (nSPS) is 22.1. The third-order valence-electron chi connectivity index (χ3n) is 5.05. The molecular weight excluding hydrogens is 370 g/mol. The van der Waals surface area contributed by atoms with Crippen LogP contribution in [0.4, 0.5) is 8.78 Å². The van der Waals surface area contributed by atoms with E-state index in [2.05, 4.69) is 5.32 Å². The molecule has 1 heterocycles. The Morgan fingerprint density at radius 2 is 1.81 bits per heavy atom.